The third-order valence-electron chi connectivity index (χ3n) is 3.36. The average Bonchev–Trinajstić information content (AvgIpc) is 2.50. The lowest BCUT2D eigenvalue weighted by atomic mass is 9.87. The summed E-state index contributed by atoms with van der Waals surface area (Å²) < 4.78 is 5.44. The minimum atomic E-state index is -0.735. The number of nitrogens with one attached hydrogen (secondary N) is 1. The summed E-state index contributed by atoms with van der Waals surface area (Å²) in [5.74, 6) is -0.366. The van der Waals surface area contributed by atoms with E-state index in [1.54, 1.807) is 6.92 Å². The number of hydrogen-bond donors (Lipinski definition) is 1. The van der Waals surface area contributed by atoms with Gasteiger partial charge in [-0.1, -0.05) is 6.92 Å². The van der Waals surface area contributed by atoms with E-state index in [1.165, 1.54) is 0 Å². The van der Waals surface area contributed by atoms with E-state index in [0.29, 0.717) is 30.5 Å². The molecule has 0 aromatic rings. The van der Waals surface area contributed by atoms with E-state index >= 15 is 0 Å². The minimum Gasteiger partial charge on any atom is -0.451 e. The molecule has 1 heterocycles. The fraction of sp³-hybridized carbons (Fsp3) is 0.714. The molecule has 0 amide bonds. The smallest absolute Gasteiger partial charge is 0.335 e. The van der Waals surface area contributed by atoms with Crippen LogP contribution in [0.4, 0.5) is 0 Å². The van der Waals surface area contributed by atoms with Crippen molar-refractivity contribution in [1.29, 1.82) is 0 Å². The highest BCUT2D eigenvalue weighted by atomic mass is 16.6. The maximum atomic E-state index is 11.6. The fourth-order valence-corrected chi connectivity index (χ4v) is 2.22. The summed E-state index contributed by atoms with van der Waals surface area (Å²) >= 11 is 0. The van der Waals surface area contributed by atoms with E-state index in [0.717, 1.165) is 6.29 Å². The van der Waals surface area contributed by atoms with Crippen molar-refractivity contribution in [1.82, 2.24) is 5.32 Å². The van der Waals surface area contributed by atoms with Crippen molar-refractivity contribution in [2.75, 3.05) is 6.54 Å². The van der Waals surface area contributed by atoms with Crippen molar-refractivity contribution < 1.29 is 14.3 Å². The zero-order chi connectivity index (χ0) is 14.0. The molecule has 1 unspecified atom stereocenters. The van der Waals surface area contributed by atoms with Crippen LogP contribution < -0.4 is 5.32 Å². The summed E-state index contributed by atoms with van der Waals surface area (Å²) in [5.41, 5.74) is 0.229. The number of cyclic esters (lactones) is 1. The second-order valence-corrected chi connectivity index (χ2v) is 5.82. The van der Waals surface area contributed by atoms with Crippen LogP contribution >= 0.6 is 0 Å². The molecule has 0 saturated carbocycles. The van der Waals surface area contributed by atoms with Gasteiger partial charge in [0.15, 0.2) is 6.29 Å². The highest BCUT2D eigenvalue weighted by Crippen LogP contribution is 2.37. The van der Waals surface area contributed by atoms with Gasteiger partial charge in [-0.05, 0) is 40.7 Å². The first-order valence-electron chi connectivity index (χ1n) is 6.40. The Morgan fingerprint density at radius 1 is 1.39 bits per heavy atom. The van der Waals surface area contributed by atoms with Gasteiger partial charge < -0.3 is 10.1 Å². The van der Waals surface area contributed by atoms with Gasteiger partial charge in [-0.3, -0.25) is 4.79 Å². The van der Waals surface area contributed by atoms with Crippen LogP contribution in [0.1, 0.15) is 47.5 Å². The van der Waals surface area contributed by atoms with Crippen LogP contribution in [-0.4, -0.2) is 29.9 Å². The topological polar surface area (TPSA) is 55.4 Å². The Hall–Kier alpha value is -1.16. The third kappa shape index (κ3) is 2.99. The molecule has 1 aliphatic rings. The first kappa shape index (κ1) is 14.9. The molecule has 1 aliphatic heterocycles. The normalized spacial score (nSPS) is 24.4. The highest BCUT2D eigenvalue weighted by molar-refractivity contribution is 6.00. The molecule has 1 N–H and O–H groups in total. The summed E-state index contributed by atoms with van der Waals surface area (Å²) in [6.07, 6.45) is 2.01. The first-order valence-corrected chi connectivity index (χ1v) is 6.40. The number of carbonyl (C=O) groups excluding carboxylic acids is 2. The van der Waals surface area contributed by atoms with Gasteiger partial charge in [0.2, 0.25) is 0 Å². The Labute approximate surface area is 109 Å². The van der Waals surface area contributed by atoms with Crippen molar-refractivity contribution in [2.45, 2.75) is 58.6 Å². The maximum Gasteiger partial charge on any atom is 0.335 e. The second-order valence-electron chi connectivity index (χ2n) is 5.82. The van der Waals surface area contributed by atoms with Gasteiger partial charge in [0, 0.05) is 23.1 Å². The molecule has 0 fully saturated rings. The molecule has 18 heavy (non-hydrogen) atoms. The number of aldehydes is 1. The summed E-state index contributed by atoms with van der Waals surface area (Å²) in [6.45, 7) is 10.5. The Balaban J connectivity index is 2.82. The summed E-state index contributed by atoms with van der Waals surface area (Å²) in [5, 5.41) is 3.35. The average molecular weight is 253 g/mol. The van der Waals surface area contributed by atoms with Crippen molar-refractivity contribution >= 4 is 12.3 Å². The molecule has 0 aliphatic carbocycles. The zero-order valence-corrected chi connectivity index (χ0v) is 11.9. The highest BCUT2D eigenvalue weighted by Gasteiger charge is 2.44. The monoisotopic (exact) mass is 253 g/mol. The van der Waals surface area contributed by atoms with Gasteiger partial charge >= 0.3 is 5.97 Å². The number of carbonyl (C=O) groups is 2. The second kappa shape index (κ2) is 5.22. The Morgan fingerprint density at radius 2 is 2.00 bits per heavy atom. The first-order chi connectivity index (χ1) is 8.25. The summed E-state index contributed by atoms with van der Waals surface area (Å²) in [4.78, 5) is 22.8. The Bertz CT molecular complexity index is 379. The van der Waals surface area contributed by atoms with Crippen LogP contribution in [0.5, 0.6) is 0 Å². The SMILES string of the molecule is CCC1(CCNC(C)(C)C)OC(=O)C(C)=C1C=O. The van der Waals surface area contributed by atoms with E-state index in [-0.39, 0.29) is 11.5 Å². The molecule has 4 nitrogen and oxygen atoms in total. The van der Waals surface area contributed by atoms with Crippen molar-refractivity contribution in [3.05, 3.63) is 11.1 Å². The summed E-state index contributed by atoms with van der Waals surface area (Å²) in [6, 6.07) is 0. The maximum absolute atomic E-state index is 11.6. The molecule has 0 aromatic carbocycles. The van der Waals surface area contributed by atoms with E-state index in [4.69, 9.17) is 4.74 Å². The zero-order valence-electron chi connectivity index (χ0n) is 11.9. The van der Waals surface area contributed by atoms with Crippen LogP contribution in [0.3, 0.4) is 0 Å². The molecule has 0 bridgehead atoms. The molecule has 0 radical (unpaired) electrons. The number of esters is 1. The van der Waals surface area contributed by atoms with E-state index in [1.807, 2.05) is 6.92 Å². The van der Waals surface area contributed by atoms with Gasteiger partial charge in [-0.15, -0.1) is 0 Å². The molecule has 4 heteroatoms. The quantitative estimate of drug-likeness (QED) is 0.601. The number of rotatable bonds is 5. The molecule has 0 saturated heterocycles. The predicted molar refractivity (Wildman–Crippen MR) is 70.3 cm³/mol. The van der Waals surface area contributed by atoms with Crippen LogP contribution in [-0.2, 0) is 14.3 Å². The minimum absolute atomic E-state index is 0.0116. The lowest BCUT2D eigenvalue weighted by Crippen LogP contribution is -2.41. The van der Waals surface area contributed by atoms with Gasteiger partial charge in [0.05, 0.1) is 0 Å². The standard InChI is InChI=1S/C14H23NO3/c1-6-14(7-8-15-13(3,4)5)11(9-16)10(2)12(17)18-14/h9,15H,6-8H2,1-5H3. The molecule has 1 atom stereocenters. The lowest BCUT2D eigenvalue weighted by molar-refractivity contribution is -0.147. The van der Waals surface area contributed by atoms with E-state index in [9.17, 15) is 9.59 Å². The Morgan fingerprint density at radius 3 is 2.44 bits per heavy atom. The fourth-order valence-electron chi connectivity index (χ4n) is 2.22. The lowest BCUT2D eigenvalue weighted by Gasteiger charge is -2.30. The van der Waals surface area contributed by atoms with Crippen LogP contribution in [0.15, 0.2) is 11.1 Å². The molecular formula is C14H23NO3. The molecular weight excluding hydrogens is 230 g/mol. The van der Waals surface area contributed by atoms with Gasteiger partial charge in [0.25, 0.3) is 0 Å². The Kier molecular flexibility index (Phi) is 4.32. The van der Waals surface area contributed by atoms with Gasteiger partial charge in [-0.25, -0.2) is 4.79 Å². The van der Waals surface area contributed by atoms with E-state index in [2.05, 4.69) is 26.1 Å². The predicted octanol–water partition coefficient (Wildman–Crippen LogP) is 1.99. The number of hydrogen-bond acceptors (Lipinski definition) is 4. The molecule has 0 aromatic heterocycles. The summed E-state index contributed by atoms with van der Waals surface area (Å²) in [7, 11) is 0. The van der Waals surface area contributed by atoms with Crippen molar-refractivity contribution in [3.8, 4) is 0 Å². The van der Waals surface area contributed by atoms with Crippen LogP contribution in [0, 0.1) is 0 Å². The molecule has 102 valence electrons. The van der Waals surface area contributed by atoms with Crippen LogP contribution in [0.25, 0.3) is 0 Å². The third-order valence-corrected chi connectivity index (χ3v) is 3.36. The molecule has 0 spiro atoms. The van der Waals surface area contributed by atoms with Gasteiger partial charge in [-0.2, -0.15) is 0 Å². The van der Waals surface area contributed by atoms with Crippen molar-refractivity contribution in [2.24, 2.45) is 0 Å². The largest absolute Gasteiger partial charge is 0.451 e. The molecule has 1 rings (SSSR count). The van der Waals surface area contributed by atoms with Gasteiger partial charge in [0.1, 0.15) is 5.60 Å². The van der Waals surface area contributed by atoms with Crippen molar-refractivity contribution in [3.63, 3.8) is 0 Å². The van der Waals surface area contributed by atoms with E-state index < -0.39 is 5.60 Å². The van der Waals surface area contributed by atoms with Crippen LogP contribution in [0.2, 0.25) is 0 Å². The number of ether oxygens (including phenoxy) is 1.